The number of amides is 1. The Morgan fingerprint density at radius 2 is 2.10 bits per heavy atom. The predicted octanol–water partition coefficient (Wildman–Crippen LogP) is 5.62. The summed E-state index contributed by atoms with van der Waals surface area (Å²) in [6.07, 6.45) is 2.06. The van der Waals surface area contributed by atoms with Crippen LogP contribution in [-0.4, -0.2) is 35.1 Å². The van der Waals surface area contributed by atoms with Crippen LogP contribution in [-0.2, 0) is 4.74 Å². The van der Waals surface area contributed by atoms with Crippen molar-refractivity contribution in [2.45, 2.75) is 25.9 Å². The van der Waals surface area contributed by atoms with Crippen LogP contribution in [0.5, 0.6) is 0 Å². The highest BCUT2D eigenvalue weighted by Crippen LogP contribution is 2.35. The van der Waals surface area contributed by atoms with Gasteiger partial charge in [0.05, 0.1) is 33.4 Å². The maximum Gasteiger partial charge on any atom is 0.272 e. The van der Waals surface area contributed by atoms with Crippen LogP contribution >= 0.6 is 34.0 Å². The summed E-state index contributed by atoms with van der Waals surface area (Å²) in [5.74, 6) is -0.0441. The molecule has 0 aliphatic carbocycles. The fourth-order valence-corrected chi connectivity index (χ4v) is 6.22. The van der Waals surface area contributed by atoms with E-state index in [4.69, 9.17) is 9.72 Å². The lowest BCUT2D eigenvalue weighted by Crippen LogP contribution is -2.37. The average Bonchev–Trinajstić information content (AvgIpc) is 3.52. The number of carbonyl (C=O) groups excluding carboxylic acids is 1. The van der Waals surface area contributed by atoms with Gasteiger partial charge in [0, 0.05) is 6.61 Å². The molecule has 29 heavy (non-hydrogen) atoms. The standard InChI is InChI=1S/C21H19N3O2S3/c1-13-18(29-19(22-13)17-9-5-11-27-17)20(25)24(12-14-6-4-10-26-14)21-23-15-7-2-3-8-16(15)28-21/h2-3,5,7-9,11,14H,4,6,10,12H2,1H3. The van der Waals surface area contributed by atoms with Crippen LogP contribution in [0.3, 0.4) is 0 Å². The lowest BCUT2D eigenvalue weighted by Gasteiger charge is -2.22. The molecule has 148 valence electrons. The number of benzene rings is 1. The van der Waals surface area contributed by atoms with E-state index in [0.29, 0.717) is 11.4 Å². The van der Waals surface area contributed by atoms with Crippen LogP contribution in [0.4, 0.5) is 5.13 Å². The van der Waals surface area contributed by atoms with Gasteiger partial charge in [-0.2, -0.15) is 0 Å². The zero-order chi connectivity index (χ0) is 19.8. The lowest BCUT2D eigenvalue weighted by atomic mass is 10.2. The van der Waals surface area contributed by atoms with E-state index in [1.54, 1.807) is 27.6 Å². The van der Waals surface area contributed by atoms with Crippen LogP contribution in [0.15, 0.2) is 41.8 Å². The minimum absolute atomic E-state index is 0.0441. The SMILES string of the molecule is Cc1nc(-c2cccs2)sc1C(=O)N(CC1CCCO1)c1nc2ccccc2s1. The topological polar surface area (TPSA) is 55.3 Å². The second-order valence-electron chi connectivity index (χ2n) is 6.93. The highest BCUT2D eigenvalue weighted by molar-refractivity contribution is 7.23. The Morgan fingerprint density at radius 1 is 1.21 bits per heavy atom. The van der Waals surface area contributed by atoms with Gasteiger partial charge in [0.1, 0.15) is 9.88 Å². The first-order valence-electron chi connectivity index (χ1n) is 9.49. The molecule has 5 nitrogen and oxygen atoms in total. The van der Waals surface area contributed by atoms with Gasteiger partial charge in [0.2, 0.25) is 0 Å². The molecule has 1 aliphatic heterocycles. The number of carbonyl (C=O) groups is 1. The number of para-hydroxylation sites is 1. The van der Waals surface area contributed by atoms with Gasteiger partial charge in [-0.15, -0.1) is 22.7 Å². The molecule has 4 heterocycles. The summed E-state index contributed by atoms with van der Waals surface area (Å²) in [5.41, 5.74) is 1.68. The normalized spacial score (nSPS) is 16.5. The van der Waals surface area contributed by atoms with Crippen LogP contribution in [0.25, 0.3) is 20.1 Å². The van der Waals surface area contributed by atoms with Crippen LogP contribution in [0.1, 0.15) is 28.2 Å². The maximum atomic E-state index is 13.6. The number of nitrogens with zero attached hydrogens (tertiary/aromatic N) is 3. The Kier molecular flexibility index (Phi) is 5.17. The van der Waals surface area contributed by atoms with Gasteiger partial charge in [-0.3, -0.25) is 9.69 Å². The zero-order valence-electron chi connectivity index (χ0n) is 15.8. The molecule has 4 aromatic rings. The fraction of sp³-hybridized carbons (Fsp3) is 0.286. The quantitative estimate of drug-likeness (QED) is 0.404. The van der Waals surface area contributed by atoms with Crippen molar-refractivity contribution in [1.29, 1.82) is 0 Å². The molecule has 1 atom stereocenters. The highest BCUT2D eigenvalue weighted by Gasteiger charge is 2.29. The Labute approximate surface area is 180 Å². The molecule has 0 radical (unpaired) electrons. The predicted molar refractivity (Wildman–Crippen MR) is 120 cm³/mol. The molecule has 0 spiro atoms. The molecular weight excluding hydrogens is 422 g/mol. The number of hydrogen-bond acceptors (Lipinski definition) is 7. The van der Waals surface area contributed by atoms with Gasteiger partial charge >= 0.3 is 0 Å². The van der Waals surface area contributed by atoms with Crippen molar-refractivity contribution in [3.8, 4) is 9.88 Å². The Balaban J connectivity index is 1.52. The highest BCUT2D eigenvalue weighted by atomic mass is 32.1. The lowest BCUT2D eigenvalue weighted by molar-refractivity contribution is 0.0920. The molecule has 3 aromatic heterocycles. The number of rotatable bonds is 5. The summed E-state index contributed by atoms with van der Waals surface area (Å²) in [6, 6.07) is 12.0. The van der Waals surface area contributed by atoms with E-state index >= 15 is 0 Å². The van der Waals surface area contributed by atoms with Crippen LogP contribution < -0.4 is 4.90 Å². The number of hydrogen-bond donors (Lipinski definition) is 0. The molecule has 1 amide bonds. The number of anilines is 1. The van der Waals surface area contributed by atoms with E-state index in [1.807, 2.05) is 48.7 Å². The Morgan fingerprint density at radius 3 is 2.86 bits per heavy atom. The summed E-state index contributed by atoms with van der Waals surface area (Å²) in [6.45, 7) is 3.18. The van der Waals surface area contributed by atoms with Gasteiger partial charge in [-0.05, 0) is 43.3 Å². The van der Waals surface area contributed by atoms with Crippen molar-refractivity contribution in [3.05, 3.63) is 52.3 Å². The minimum atomic E-state index is -0.0441. The molecule has 0 N–H and O–H groups in total. The second-order valence-corrected chi connectivity index (χ2v) is 9.88. The molecular formula is C21H19N3O2S3. The van der Waals surface area contributed by atoms with E-state index < -0.39 is 0 Å². The Bertz CT molecular complexity index is 1110. The molecule has 1 aliphatic rings. The van der Waals surface area contributed by atoms with E-state index in [9.17, 15) is 4.79 Å². The molecule has 5 rings (SSSR count). The zero-order valence-corrected chi connectivity index (χ0v) is 18.3. The van der Waals surface area contributed by atoms with Crippen LogP contribution in [0, 0.1) is 6.92 Å². The number of aryl methyl sites for hydroxylation is 1. The second kappa shape index (κ2) is 7.95. The fourth-order valence-electron chi connectivity index (χ4n) is 3.44. The first-order chi connectivity index (χ1) is 14.2. The molecule has 1 aromatic carbocycles. The molecule has 0 saturated carbocycles. The van der Waals surface area contributed by atoms with E-state index in [-0.39, 0.29) is 12.0 Å². The number of thiophene rings is 1. The summed E-state index contributed by atoms with van der Waals surface area (Å²) in [4.78, 5) is 26.6. The molecule has 1 saturated heterocycles. The van der Waals surface area contributed by atoms with E-state index in [0.717, 1.165) is 50.4 Å². The van der Waals surface area contributed by atoms with Crippen molar-refractivity contribution >= 4 is 55.3 Å². The summed E-state index contributed by atoms with van der Waals surface area (Å²) < 4.78 is 6.91. The summed E-state index contributed by atoms with van der Waals surface area (Å²) in [7, 11) is 0. The minimum Gasteiger partial charge on any atom is -0.376 e. The number of aromatic nitrogens is 2. The molecule has 1 unspecified atom stereocenters. The van der Waals surface area contributed by atoms with Crippen molar-refractivity contribution in [2.75, 3.05) is 18.1 Å². The largest absolute Gasteiger partial charge is 0.376 e. The van der Waals surface area contributed by atoms with Crippen molar-refractivity contribution in [2.24, 2.45) is 0 Å². The molecule has 1 fully saturated rings. The van der Waals surface area contributed by atoms with Gasteiger partial charge in [-0.1, -0.05) is 29.5 Å². The average molecular weight is 442 g/mol. The van der Waals surface area contributed by atoms with Gasteiger partial charge < -0.3 is 4.74 Å². The van der Waals surface area contributed by atoms with Gasteiger partial charge in [0.15, 0.2) is 5.13 Å². The first-order valence-corrected chi connectivity index (χ1v) is 12.0. The molecule has 8 heteroatoms. The third-order valence-electron chi connectivity index (χ3n) is 4.89. The van der Waals surface area contributed by atoms with Gasteiger partial charge in [-0.25, -0.2) is 9.97 Å². The summed E-state index contributed by atoms with van der Waals surface area (Å²) >= 11 is 4.64. The number of fused-ring (bicyclic) bond motifs is 1. The maximum absolute atomic E-state index is 13.6. The smallest absolute Gasteiger partial charge is 0.272 e. The monoisotopic (exact) mass is 441 g/mol. The Hall–Kier alpha value is -2.13. The number of ether oxygens (including phenoxy) is 1. The van der Waals surface area contributed by atoms with E-state index in [1.165, 1.54) is 11.3 Å². The summed E-state index contributed by atoms with van der Waals surface area (Å²) in [5, 5.41) is 3.64. The van der Waals surface area contributed by atoms with Crippen molar-refractivity contribution in [3.63, 3.8) is 0 Å². The first kappa shape index (κ1) is 18.9. The third-order valence-corrected chi connectivity index (χ3v) is 8.14. The van der Waals surface area contributed by atoms with Crippen molar-refractivity contribution in [1.82, 2.24) is 9.97 Å². The molecule has 0 bridgehead atoms. The number of thiazole rings is 2. The van der Waals surface area contributed by atoms with Gasteiger partial charge in [0.25, 0.3) is 5.91 Å². The van der Waals surface area contributed by atoms with Crippen LogP contribution in [0.2, 0.25) is 0 Å². The van der Waals surface area contributed by atoms with E-state index in [2.05, 4.69) is 4.98 Å². The van der Waals surface area contributed by atoms with Crippen molar-refractivity contribution < 1.29 is 9.53 Å². The third kappa shape index (κ3) is 3.73.